The summed E-state index contributed by atoms with van der Waals surface area (Å²) in [6.45, 7) is 0. The van der Waals surface area contributed by atoms with Gasteiger partial charge in [0, 0.05) is 5.92 Å². The van der Waals surface area contributed by atoms with Crippen LogP contribution in [-0.4, -0.2) is 30.0 Å². The van der Waals surface area contributed by atoms with Crippen LogP contribution >= 0.6 is 0 Å². The summed E-state index contributed by atoms with van der Waals surface area (Å²) in [5, 5.41) is 0. The van der Waals surface area contributed by atoms with Crippen LogP contribution in [0.15, 0.2) is 48.6 Å². The van der Waals surface area contributed by atoms with E-state index in [9.17, 15) is 25.9 Å². The minimum absolute atomic E-state index is 0.120. The normalized spacial score (nSPS) is 22.0. The molecule has 1 atom stereocenters. The Morgan fingerprint density at radius 1 is 1.05 bits per heavy atom. The van der Waals surface area contributed by atoms with Gasteiger partial charge in [-0.3, -0.25) is 9.11 Å². The summed E-state index contributed by atoms with van der Waals surface area (Å²) >= 11 is 0. The van der Waals surface area contributed by atoms with Gasteiger partial charge >= 0.3 is 0 Å². The van der Waals surface area contributed by atoms with Crippen molar-refractivity contribution in [3.63, 3.8) is 0 Å². The molecule has 0 spiro atoms. The Labute approximate surface area is 129 Å². The van der Waals surface area contributed by atoms with E-state index in [0.717, 1.165) is 5.56 Å². The summed E-state index contributed by atoms with van der Waals surface area (Å²) in [7, 11) is -10.1. The van der Waals surface area contributed by atoms with Gasteiger partial charge < -0.3 is 0 Å². The van der Waals surface area contributed by atoms with Gasteiger partial charge in [0.1, 0.15) is 0 Å². The van der Waals surface area contributed by atoms with E-state index < -0.39 is 36.7 Å². The van der Waals surface area contributed by atoms with Crippen LogP contribution in [0.5, 0.6) is 0 Å². The highest BCUT2D eigenvalue weighted by Crippen LogP contribution is 2.41. The lowest BCUT2D eigenvalue weighted by Crippen LogP contribution is -2.51. The standard InChI is InChI=1S/C14H16O6S2/c15-21(16,17)14(22(18,19)20)11-5-4-8-13(14)10-9-12-6-2-1-3-7-12/h1-4,6-10,13H,5,11H2,(H,15,16,17)(H,18,19,20). The van der Waals surface area contributed by atoms with Crippen LogP contribution in [0.4, 0.5) is 0 Å². The van der Waals surface area contributed by atoms with Crippen molar-refractivity contribution < 1.29 is 25.9 Å². The van der Waals surface area contributed by atoms with Gasteiger partial charge in [-0.2, -0.15) is 16.8 Å². The molecule has 0 aromatic heterocycles. The Balaban J connectivity index is 2.54. The van der Waals surface area contributed by atoms with E-state index in [4.69, 9.17) is 0 Å². The molecule has 1 aliphatic carbocycles. The van der Waals surface area contributed by atoms with E-state index in [1.165, 1.54) is 12.2 Å². The first kappa shape index (κ1) is 16.9. The highest BCUT2D eigenvalue weighted by atomic mass is 32.3. The van der Waals surface area contributed by atoms with Gasteiger partial charge in [0.2, 0.25) is 4.08 Å². The molecule has 1 aliphatic rings. The third-order valence-electron chi connectivity index (χ3n) is 3.68. The van der Waals surface area contributed by atoms with E-state index in [1.807, 2.05) is 0 Å². The lowest BCUT2D eigenvalue weighted by atomic mass is 9.93. The van der Waals surface area contributed by atoms with Crippen LogP contribution in [-0.2, 0) is 20.2 Å². The number of hydrogen-bond donors (Lipinski definition) is 2. The summed E-state index contributed by atoms with van der Waals surface area (Å²) in [5.41, 5.74) is 0.737. The molecular weight excluding hydrogens is 328 g/mol. The second kappa shape index (κ2) is 5.96. The minimum atomic E-state index is -5.04. The maximum Gasteiger partial charge on any atom is 0.288 e. The number of hydrogen-bond acceptors (Lipinski definition) is 4. The van der Waals surface area contributed by atoms with Gasteiger partial charge in [-0.1, -0.05) is 54.6 Å². The molecule has 0 aliphatic heterocycles. The quantitative estimate of drug-likeness (QED) is 0.640. The molecule has 8 heteroatoms. The average Bonchev–Trinajstić information content (AvgIpc) is 2.44. The predicted molar refractivity (Wildman–Crippen MR) is 83.2 cm³/mol. The van der Waals surface area contributed by atoms with Crippen molar-refractivity contribution in [3.8, 4) is 0 Å². The fourth-order valence-corrected chi connectivity index (χ4v) is 5.38. The molecule has 0 saturated heterocycles. The van der Waals surface area contributed by atoms with Gasteiger partial charge in [0.05, 0.1) is 0 Å². The highest BCUT2D eigenvalue weighted by molar-refractivity contribution is 8.05. The third kappa shape index (κ3) is 3.00. The molecule has 0 amide bonds. The van der Waals surface area contributed by atoms with Gasteiger partial charge in [-0.15, -0.1) is 0 Å². The van der Waals surface area contributed by atoms with E-state index >= 15 is 0 Å². The first-order chi connectivity index (χ1) is 10.2. The lowest BCUT2D eigenvalue weighted by Gasteiger charge is -2.34. The Bertz CT molecular complexity index is 759. The summed E-state index contributed by atoms with van der Waals surface area (Å²) < 4.78 is 63.2. The largest absolute Gasteiger partial charge is 0.288 e. The van der Waals surface area contributed by atoms with Crippen molar-refractivity contribution in [1.82, 2.24) is 0 Å². The average molecular weight is 344 g/mol. The van der Waals surface area contributed by atoms with Crippen molar-refractivity contribution in [2.45, 2.75) is 16.9 Å². The Hall–Kier alpha value is -1.48. The molecule has 0 saturated carbocycles. The lowest BCUT2D eigenvalue weighted by molar-refractivity contribution is 0.389. The topological polar surface area (TPSA) is 109 Å². The van der Waals surface area contributed by atoms with Gasteiger partial charge in [0.15, 0.2) is 0 Å². The van der Waals surface area contributed by atoms with Gasteiger partial charge in [-0.05, 0) is 18.4 Å². The Kier molecular flexibility index (Phi) is 4.57. The molecular formula is C14H16O6S2. The smallest absolute Gasteiger partial charge is 0.284 e. The highest BCUT2D eigenvalue weighted by Gasteiger charge is 2.58. The summed E-state index contributed by atoms with van der Waals surface area (Å²) in [6, 6.07) is 8.86. The predicted octanol–water partition coefficient (Wildman–Crippen LogP) is 2.14. The van der Waals surface area contributed by atoms with E-state index in [-0.39, 0.29) is 6.42 Å². The SMILES string of the molecule is O=S(=O)(O)C1(S(=O)(=O)O)CCC=CC1C=Cc1ccccc1. The molecule has 0 fully saturated rings. The molecule has 6 nitrogen and oxygen atoms in total. The zero-order valence-corrected chi connectivity index (χ0v) is 13.2. The molecule has 0 radical (unpaired) electrons. The van der Waals surface area contributed by atoms with Crippen LogP contribution in [0.1, 0.15) is 18.4 Å². The third-order valence-corrected chi connectivity index (χ3v) is 7.64. The van der Waals surface area contributed by atoms with Crippen molar-refractivity contribution in [2.75, 3.05) is 0 Å². The summed E-state index contributed by atoms with van der Waals surface area (Å²) in [5.74, 6) is -1.19. The molecule has 2 rings (SSSR count). The first-order valence-corrected chi connectivity index (χ1v) is 9.40. The zero-order valence-electron chi connectivity index (χ0n) is 11.5. The van der Waals surface area contributed by atoms with Crippen LogP contribution in [0, 0.1) is 5.92 Å². The molecule has 1 aromatic rings. The number of benzene rings is 1. The molecule has 1 aromatic carbocycles. The summed E-state index contributed by atoms with van der Waals surface area (Å²) in [4.78, 5) is 0. The molecule has 120 valence electrons. The number of rotatable bonds is 4. The summed E-state index contributed by atoms with van der Waals surface area (Å²) in [6.07, 6.45) is 5.59. The molecule has 22 heavy (non-hydrogen) atoms. The minimum Gasteiger partial charge on any atom is -0.284 e. The molecule has 0 heterocycles. The molecule has 1 unspecified atom stereocenters. The molecule has 0 bridgehead atoms. The van der Waals surface area contributed by atoms with Crippen molar-refractivity contribution in [3.05, 3.63) is 54.1 Å². The van der Waals surface area contributed by atoms with E-state index in [0.29, 0.717) is 0 Å². The fraction of sp³-hybridized carbons (Fsp3) is 0.286. The Morgan fingerprint density at radius 3 is 2.18 bits per heavy atom. The monoisotopic (exact) mass is 344 g/mol. The van der Waals surface area contributed by atoms with Gasteiger partial charge in [-0.25, -0.2) is 0 Å². The maximum absolute atomic E-state index is 11.7. The van der Waals surface area contributed by atoms with Crippen LogP contribution in [0.2, 0.25) is 0 Å². The second-order valence-electron chi connectivity index (χ2n) is 5.02. The second-order valence-corrected chi connectivity index (χ2v) is 8.64. The van der Waals surface area contributed by atoms with Crippen molar-refractivity contribution in [2.24, 2.45) is 5.92 Å². The van der Waals surface area contributed by atoms with Crippen LogP contribution in [0.3, 0.4) is 0 Å². The van der Waals surface area contributed by atoms with Crippen molar-refractivity contribution >= 4 is 26.3 Å². The first-order valence-electron chi connectivity index (χ1n) is 6.52. The van der Waals surface area contributed by atoms with Crippen LogP contribution < -0.4 is 0 Å². The fourth-order valence-electron chi connectivity index (χ4n) is 2.57. The molecule has 2 N–H and O–H groups in total. The van der Waals surface area contributed by atoms with E-state index in [1.54, 1.807) is 42.5 Å². The van der Waals surface area contributed by atoms with Crippen LogP contribution in [0.25, 0.3) is 6.08 Å². The zero-order chi connectivity index (χ0) is 16.4. The number of allylic oxidation sites excluding steroid dienone is 3. The maximum atomic E-state index is 11.7. The van der Waals surface area contributed by atoms with Crippen molar-refractivity contribution in [1.29, 1.82) is 0 Å². The Morgan fingerprint density at radius 2 is 1.64 bits per heavy atom. The van der Waals surface area contributed by atoms with Gasteiger partial charge in [0.25, 0.3) is 20.2 Å². The van der Waals surface area contributed by atoms with E-state index in [2.05, 4.69) is 0 Å².